The molecule has 0 saturated carbocycles. The van der Waals surface area contributed by atoms with Crippen molar-refractivity contribution in [2.75, 3.05) is 27.2 Å². The van der Waals surface area contributed by atoms with E-state index in [9.17, 15) is 9.18 Å². The van der Waals surface area contributed by atoms with Crippen LogP contribution in [0.3, 0.4) is 0 Å². The van der Waals surface area contributed by atoms with Gasteiger partial charge in [-0.1, -0.05) is 30.0 Å². The molecule has 6 heteroatoms. The number of benzene rings is 2. The highest BCUT2D eigenvalue weighted by Gasteiger charge is 2.17. The van der Waals surface area contributed by atoms with Crippen LogP contribution in [0.1, 0.15) is 15.9 Å². The highest BCUT2D eigenvalue weighted by molar-refractivity contribution is 7.99. The lowest BCUT2D eigenvalue weighted by atomic mass is 10.1. The third kappa shape index (κ3) is 6.41. The van der Waals surface area contributed by atoms with Crippen molar-refractivity contribution in [1.82, 2.24) is 14.8 Å². The molecular formula is C23H24FN3OS. The maximum absolute atomic E-state index is 13.6. The number of aromatic nitrogens is 1. The molecule has 0 bridgehead atoms. The maximum atomic E-state index is 13.6. The summed E-state index contributed by atoms with van der Waals surface area (Å²) in [5.74, 6) is -0.357. The molecular weight excluding hydrogens is 385 g/mol. The lowest BCUT2D eigenvalue weighted by molar-refractivity contribution is 0.0731. The van der Waals surface area contributed by atoms with Crippen molar-refractivity contribution in [1.29, 1.82) is 0 Å². The van der Waals surface area contributed by atoms with Crippen LogP contribution in [0.4, 0.5) is 4.39 Å². The molecule has 0 saturated heterocycles. The minimum atomic E-state index is -0.293. The summed E-state index contributed by atoms with van der Waals surface area (Å²) in [5.41, 5.74) is 1.39. The molecule has 0 unspecified atom stereocenters. The highest BCUT2D eigenvalue weighted by atomic mass is 32.2. The Hall–Kier alpha value is -2.70. The Morgan fingerprint density at radius 3 is 2.45 bits per heavy atom. The number of likely N-dealkylation sites (N-methyl/N-ethyl adjacent to an activating group) is 1. The van der Waals surface area contributed by atoms with Crippen LogP contribution in [-0.2, 0) is 6.54 Å². The van der Waals surface area contributed by atoms with E-state index in [1.165, 1.54) is 12.1 Å². The molecule has 0 spiro atoms. The number of pyridine rings is 1. The molecule has 150 valence electrons. The fourth-order valence-corrected chi connectivity index (χ4v) is 3.58. The van der Waals surface area contributed by atoms with E-state index in [1.54, 1.807) is 28.9 Å². The van der Waals surface area contributed by atoms with Gasteiger partial charge in [-0.25, -0.2) is 9.37 Å². The number of rotatable bonds is 8. The zero-order valence-electron chi connectivity index (χ0n) is 16.6. The van der Waals surface area contributed by atoms with Gasteiger partial charge in [-0.15, -0.1) is 0 Å². The third-order valence-corrected chi connectivity index (χ3v) is 5.29. The van der Waals surface area contributed by atoms with Crippen LogP contribution in [0, 0.1) is 5.82 Å². The zero-order valence-corrected chi connectivity index (χ0v) is 17.4. The van der Waals surface area contributed by atoms with Crippen LogP contribution in [0.2, 0.25) is 0 Å². The molecule has 3 rings (SSSR count). The van der Waals surface area contributed by atoms with E-state index in [-0.39, 0.29) is 11.7 Å². The number of nitrogens with zero attached hydrogens (tertiary/aromatic N) is 3. The molecule has 2 aromatic carbocycles. The SMILES string of the molecule is CN(C)CCN(Cc1cccc(F)c1)C(=O)c1ccc(Sc2ccccn2)cc1. The van der Waals surface area contributed by atoms with E-state index < -0.39 is 0 Å². The molecule has 29 heavy (non-hydrogen) atoms. The number of carbonyl (C=O) groups is 1. The summed E-state index contributed by atoms with van der Waals surface area (Å²) in [5, 5.41) is 0.908. The van der Waals surface area contributed by atoms with Gasteiger partial charge in [0, 0.05) is 36.3 Å². The molecule has 4 nitrogen and oxygen atoms in total. The van der Waals surface area contributed by atoms with E-state index in [2.05, 4.69) is 4.98 Å². The van der Waals surface area contributed by atoms with Gasteiger partial charge in [0.05, 0.1) is 0 Å². The molecule has 1 aromatic heterocycles. The predicted molar refractivity (Wildman–Crippen MR) is 114 cm³/mol. The Morgan fingerprint density at radius 1 is 1.00 bits per heavy atom. The summed E-state index contributed by atoms with van der Waals surface area (Å²) in [6, 6.07) is 19.7. The second-order valence-corrected chi connectivity index (χ2v) is 8.05. The Labute approximate surface area is 175 Å². The first kappa shape index (κ1) is 21.0. The van der Waals surface area contributed by atoms with Crippen LogP contribution in [0.25, 0.3) is 0 Å². The summed E-state index contributed by atoms with van der Waals surface area (Å²) >= 11 is 1.55. The minimum Gasteiger partial charge on any atom is -0.333 e. The third-order valence-electron chi connectivity index (χ3n) is 4.33. The first-order chi connectivity index (χ1) is 14.0. The van der Waals surface area contributed by atoms with Gasteiger partial charge in [0.1, 0.15) is 10.8 Å². The topological polar surface area (TPSA) is 36.4 Å². The van der Waals surface area contributed by atoms with Crippen LogP contribution in [0.5, 0.6) is 0 Å². The summed E-state index contributed by atoms with van der Waals surface area (Å²) in [6.45, 7) is 1.66. The zero-order chi connectivity index (χ0) is 20.6. The van der Waals surface area contributed by atoms with Crippen molar-refractivity contribution in [3.05, 3.63) is 89.9 Å². The fraction of sp³-hybridized carbons (Fsp3) is 0.217. The van der Waals surface area contributed by atoms with E-state index in [0.29, 0.717) is 18.7 Å². The second kappa shape index (κ2) is 10.2. The first-order valence-electron chi connectivity index (χ1n) is 9.38. The van der Waals surface area contributed by atoms with Gasteiger partial charge in [0.25, 0.3) is 5.91 Å². The lowest BCUT2D eigenvalue weighted by Crippen LogP contribution is -2.36. The standard InChI is InChI=1S/C23H24FN3OS/c1-26(2)14-15-27(17-18-6-5-7-20(24)16-18)23(28)19-9-11-21(12-10-19)29-22-8-3-4-13-25-22/h3-13,16H,14-15,17H2,1-2H3. The van der Waals surface area contributed by atoms with Gasteiger partial charge in [-0.05, 0) is 68.2 Å². The summed E-state index contributed by atoms with van der Waals surface area (Å²) < 4.78 is 13.6. The van der Waals surface area contributed by atoms with Crippen LogP contribution >= 0.6 is 11.8 Å². The van der Waals surface area contributed by atoms with Crippen LogP contribution < -0.4 is 0 Å². The van der Waals surface area contributed by atoms with Gasteiger partial charge < -0.3 is 9.80 Å². The van der Waals surface area contributed by atoms with Crippen molar-refractivity contribution in [3.63, 3.8) is 0 Å². The van der Waals surface area contributed by atoms with E-state index in [4.69, 9.17) is 0 Å². The van der Waals surface area contributed by atoms with E-state index >= 15 is 0 Å². The van der Waals surface area contributed by atoms with Gasteiger partial charge in [0.15, 0.2) is 0 Å². The lowest BCUT2D eigenvalue weighted by Gasteiger charge is -2.25. The van der Waals surface area contributed by atoms with E-state index in [1.807, 2.05) is 67.5 Å². The first-order valence-corrected chi connectivity index (χ1v) is 10.2. The number of hydrogen-bond donors (Lipinski definition) is 0. The Bertz CT molecular complexity index is 932. The van der Waals surface area contributed by atoms with Gasteiger partial charge in [-0.2, -0.15) is 0 Å². The summed E-state index contributed by atoms with van der Waals surface area (Å²) in [4.78, 5) is 22.2. The average Bonchev–Trinajstić information content (AvgIpc) is 2.72. The van der Waals surface area contributed by atoms with Crippen molar-refractivity contribution in [2.24, 2.45) is 0 Å². The fourth-order valence-electron chi connectivity index (χ4n) is 2.81. The molecule has 0 aliphatic heterocycles. The molecule has 0 atom stereocenters. The van der Waals surface area contributed by atoms with Gasteiger partial charge in [-0.3, -0.25) is 4.79 Å². The van der Waals surface area contributed by atoms with E-state index in [0.717, 1.165) is 22.0 Å². The Kier molecular flexibility index (Phi) is 7.38. The maximum Gasteiger partial charge on any atom is 0.254 e. The highest BCUT2D eigenvalue weighted by Crippen LogP contribution is 2.26. The average molecular weight is 410 g/mol. The largest absolute Gasteiger partial charge is 0.333 e. The van der Waals surface area contributed by atoms with Crippen LogP contribution in [0.15, 0.2) is 82.8 Å². The number of amides is 1. The number of halogens is 1. The summed E-state index contributed by atoms with van der Waals surface area (Å²) in [6.07, 6.45) is 1.76. The quantitative estimate of drug-likeness (QED) is 0.546. The molecule has 0 fully saturated rings. The minimum absolute atomic E-state index is 0.0644. The molecule has 0 aliphatic carbocycles. The van der Waals surface area contributed by atoms with Crippen molar-refractivity contribution in [2.45, 2.75) is 16.5 Å². The number of hydrogen-bond acceptors (Lipinski definition) is 4. The van der Waals surface area contributed by atoms with Crippen LogP contribution in [-0.4, -0.2) is 47.9 Å². The Balaban J connectivity index is 1.73. The summed E-state index contributed by atoms with van der Waals surface area (Å²) in [7, 11) is 3.93. The molecule has 0 radical (unpaired) electrons. The second-order valence-electron chi connectivity index (χ2n) is 6.95. The predicted octanol–water partition coefficient (Wildman–Crippen LogP) is 4.58. The normalized spacial score (nSPS) is 10.9. The van der Waals surface area contributed by atoms with Crippen molar-refractivity contribution < 1.29 is 9.18 Å². The molecule has 0 aliphatic rings. The molecule has 0 N–H and O–H groups in total. The molecule has 3 aromatic rings. The molecule has 1 heterocycles. The number of carbonyl (C=O) groups excluding carboxylic acids is 1. The monoisotopic (exact) mass is 409 g/mol. The van der Waals surface area contributed by atoms with Gasteiger partial charge in [0.2, 0.25) is 0 Å². The van der Waals surface area contributed by atoms with Crippen molar-refractivity contribution in [3.8, 4) is 0 Å². The smallest absolute Gasteiger partial charge is 0.254 e. The van der Waals surface area contributed by atoms with Gasteiger partial charge >= 0.3 is 0 Å². The molecule has 1 amide bonds. The Morgan fingerprint density at radius 2 is 1.79 bits per heavy atom. The van der Waals surface area contributed by atoms with Crippen molar-refractivity contribution >= 4 is 17.7 Å².